The predicted octanol–water partition coefficient (Wildman–Crippen LogP) is 4.63. The largest absolute Gasteiger partial charge is 0.385 e. The summed E-state index contributed by atoms with van der Waals surface area (Å²) in [5.41, 5.74) is 0.341. The number of aliphatic hydroxyl groups is 1. The van der Waals surface area contributed by atoms with Gasteiger partial charge in [0.2, 0.25) is 0 Å². The van der Waals surface area contributed by atoms with Gasteiger partial charge in [-0.3, -0.25) is 0 Å². The van der Waals surface area contributed by atoms with Crippen molar-refractivity contribution < 1.29 is 9.84 Å². The van der Waals surface area contributed by atoms with Crippen LogP contribution in [0, 0.1) is 9.49 Å². The van der Waals surface area contributed by atoms with E-state index in [1.54, 1.807) is 0 Å². The molecule has 0 aromatic heterocycles. The molecule has 1 aromatic carbocycles. The third-order valence-electron chi connectivity index (χ3n) is 5.48. The highest BCUT2D eigenvalue weighted by Gasteiger charge is 2.44. The lowest BCUT2D eigenvalue weighted by atomic mass is 9.69. The lowest BCUT2D eigenvalue weighted by Crippen LogP contribution is -2.47. The second kappa shape index (κ2) is 6.17. The highest BCUT2D eigenvalue weighted by molar-refractivity contribution is 14.1. The van der Waals surface area contributed by atoms with Crippen LogP contribution in [0.4, 0.5) is 0 Å². The van der Waals surface area contributed by atoms with Crippen molar-refractivity contribution in [3.8, 4) is 0 Å². The molecule has 2 fully saturated rings. The zero-order chi connectivity index (χ0) is 14.9. The fourth-order valence-corrected chi connectivity index (χ4v) is 4.43. The van der Waals surface area contributed by atoms with Crippen LogP contribution in [0.2, 0.25) is 0 Å². The van der Waals surface area contributed by atoms with Gasteiger partial charge in [0, 0.05) is 10.2 Å². The van der Waals surface area contributed by atoms with E-state index in [2.05, 4.69) is 46.9 Å². The molecule has 2 aliphatic rings. The molecule has 1 spiro atoms. The van der Waals surface area contributed by atoms with Gasteiger partial charge in [-0.15, -0.1) is 0 Å². The molecule has 1 aromatic rings. The molecule has 2 atom stereocenters. The number of hydrogen-bond donors (Lipinski definition) is 1. The van der Waals surface area contributed by atoms with Crippen molar-refractivity contribution in [2.45, 2.75) is 63.1 Å². The van der Waals surface area contributed by atoms with Crippen LogP contribution < -0.4 is 0 Å². The summed E-state index contributed by atoms with van der Waals surface area (Å²) in [6, 6.07) is 8.32. The summed E-state index contributed by atoms with van der Waals surface area (Å²) < 4.78 is 7.39. The van der Waals surface area contributed by atoms with Gasteiger partial charge < -0.3 is 9.84 Å². The minimum absolute atomic E-state index is 0.0500. The molecular formula is C18H25IO2. The minimum atomic E-state index is -0.751. The quantitative estimate of drug-likeness (QED) is 0.734. The summed E-state index contributed by atoms with van der Waals surface area (Å²) in [4.78, 5) is 0. The summed E-state index contributed by atoms with van der Waals surface area (Å²) >= 11 is 2.31. The molecule has 1 N–H and O–H groups in total. The number of ether oxygens (including phenoxy) is 1. The zero-order valence-corrected chi connectivity index (χ0v) is 14.9. The SMILES string of the molecule is CC(O)(c1ccc(I)cc1)C1CCOC2(CCCCC2)C1. The summed E-state index contributed by atoms with van der Waals surface area (Å²) in [5, 5.41) is 11.2. The topological polar surface area (TPSA) is 29.5 Å². The van der Waals surface area contributed by atoms with Gasteiger partial charge in [0.15, 0.2) is 0 Å². The minimum Gasteiger partial charge on any atom is -0.385 e. The average Bonchev–Trinajstić information content (AvgIpc) is 2.48. The van der Waals surface area contributed by atoms with Crippen molar-refractivity contribution in [1.29, 1.82) is 0 Å². The first-order chi connectivity index (χ1) is 10.0. The Morgan fingerprint density at radius 3 is 2.52 bits per heavy atom. The standard InChI is InChI=1S/C18H25IO2/c1-17(20,14-5-7-16(19)8-6-14)15-9-12-21-18(13-15)10-3-2-4-11-18/h5-8,15,20H,2-4,9-13H2,1H3. The first-order valence-corrected chi connectivity index (χ1v) is 9.22. The van der Waals surface area contributed by atoms with Gasteiger partial charge in [0.25, 0.3) is 0 Å². The summed E-state index contributed by atoms with van der Waals surface area (Å²) in [7, 11) is 0. The fourth-order valence-electron chi connectivity index (χ4n) is 4.08. The number of benzene rings is 1. The van der Waals surface area contributed by atoms with Gasteiger partial charge >= 0.3 is 0 Å². The van der Waals surface area contributed by atoms with E-state index in [1.165, 1.54) is 35.7 Å². The number of halogens is 1. The third-order valence-corrected chi connectivity index (χ3v) is 6.20. The Hall–Kier alpha value is -0.130. The van der Waals surface area contributed by atoms with Crippen molar-refractivity contribution >= 4 is 22.6 Å². The molecule has 1 saturated carbocycles. The normalized spacial score (nSPS) is 28.2. The molecule has 0 bridgehead atoms. The van der Waals surface area contributed by atoms with Crippen LogP contribution in [0.3, 0.4) is 0 Å². The van der Waals surface area contributed by atoms with Gasteiger partial charge in [-0.05, 0) is 78.8 Å². The van der Waals surface area contributed by atoms with E-state index in [4.69, 9.17) is 4.74 Å². The van der Waals surface area contributed by atoms with E-state index < -0.39 is 5.60 Å². The van der Waals surface area contributed by atoms with Crippen molar-refractivity contribution in [3.63, 3.8) is 0 Å². The van der Waals surface area contributed by atoms with Crippen molar-refractivity contribution in [2.24, 2.45) is 5.92 Å². The lowest BCUT2D eigenvalue weighted by Gasteiger charge is -2.47. The molecule has 1 saturated heterocycles. The molecular weight excluding hydrogens is 375 g/mol. The van der Waals surface area contributed by atoms with Crippen LogP contribution in [0.25, 0.3) is 0 Å². The Kier molecular flexibility index (Phi) is 4.63. The Morgan fingerprint density at radius 1 is 1.19 bits per heavy atom. The molecule has 21 heavy (non-hydrogen) atoms. The molecule has 1 aliphatic heterocycles. The van der Waals surface area contributed by atoms with Crippen LogP contribution in [-0.4, -0.2) is 17.3 Å². The first kappa shape index (κ1) is 15.8. The maximum Gasteiger partial charge on any atom is 0.0898 e. The molecule has 0 radical (unpaired) electrons. The Labute approximate surface area is 141 Å². The summed E-state index contributed by atoms with van der Waals surface area (Å²) in [6.45, 7) is 2.78. The molecule has 3 heteroatoms. The van der Waals surface area contributed by atoms with Crippen molar-refractivity contribution in [1.82, 2.24) is 0 Å². The van der Waals surface area contributed by atoms with Crippen LogP contribution in [0.15, 0.2) is 24.3 Å². The number of hydrogen-bond acceptors (Lipinski definition) is 2. The molecule has 1 heterocycles. The van der Waals surface area contributed by atoms with Gasteiger partial charge in [0.1, 0.15) is 0 Å². The molecule has 1 aliphatic carbocycles. The smallest absolute Gasteiger partial charge is 0.0898 e. The molecule has 0 amide bonds. The van der Waals surface area contributed by atoms with Gasteiger partial charge in [-0.2, -0.15) is 0 Å². The molecule has 2 unspecified atom stereocenters. The second-order valence-corrected chi connectivity index (χ2v) is 8.18. The average molecular weight is 400 g/mol. The fraction of sp³-hybridized carbons (Fsp3) is 0.667. The van der Waals surface area contributed by atoms with Crippen LogP contribution in [0.1, 0.15) is 57.4 Å². The van der Waals surface area contributed by atoms with Crippen LogP contribution in [0.5, 0.6) is 0 Å². The Bertz CT molecular complexity index is 469. The van der Waals surface area contributed by atoms with Crippen LogP contribution >= 0.6 is 22.6 Å². The highest BCUT2D eigenvalue weighted by atomic mass is 127. The van der Waals surface area contributed by atoms with Crippen molar-refractivity contribution in [3.05, 3.63) is 33.4 Å². The lowest BCUT2D eigenvalue weighted by molar-refractivity contribution is -0.154. The van der Waals surface area contributed by atoms with E-state index in [9.17, 15) is 5.11 Å². The third kappa shape index (κ3) is 3.30. The monoisotopic (exact) mass is 400 g/mol. The van der Waals surface area contributed by atoms with E-state index >= 15 is 0 Å². The summed E-state index contributed by atoms with van der Waals surface area (Å²) in [5.74, 6) is 0.296. The van der Waals surface area contributed by atoms with Gasteiger partial charge in [0.05, 0.1) is 11.2 Å². The second-order valence-electron chi connectivity index (χ2n) is 6.94. The van der Waals surface area contributed by atoms with E-state index in [-0.39, 0.29) is 5.60 Å². The van der Waals surface area contributed by atoms with E-state index in [0.717, 1.165) is 25.0 Å². The van der Waals surface area contributed by atoms with Crippen LogP contribution in [-0.2, 0) is 10.3 Å². The maximum atomic E-state index is 11.2. The molecule has 3 rings (SSSR count). The zero-order valence-electron chi connectivity index (χ0n) is 12.8. The van der Waals surface area contributed by atoms with E-state index in [0.29, 0.717) is 5.92 Å². The Morgan fingerprint density at radius 2 is 1.86 bits per heavy atom. The maximum absolute atomic E-state index is 11.2. The van der Waals surface area contributed by atoms with Crippen molar-refractivity contribution in [2.75, 3.05) is 6.61 Å². The van der Waals surface area contributed by atoms with E-state index in [1.807, 2.05) is 6.92 Å². The predicted molar refractivity (Wildman–Crippen MR) is 93.2 cm³/mol. The highest BCUT2D eigenvalue weighted by Crippen LogP contribution is 2.46. The number of rotatable bonds is 2. The Balaban J connectivity index is 1.79. The molecule has 2 nitrogen and oxygen atoms in total. The van der Waals surface area contributed by atoms with Gasteiger partial charge in [-0.1, -0.05) is 31.4 Å². The molecule has 116 valence electrons. The van der Waals surface area contributed by atoms with Gasteiger partial charge in [-0.25, -0.2) is 0 Å². The first-order valence-electron chi connectivity index (χ1n) is 8.14. The summed E-state index contributed by atoms with van der Waals surface area (Å²) in [6.07, 6.45) is 8.20.